The van der Waals surface area contributed by atoms with Gasteiger partial charge >= 0.3 is 0 Å². The van der Waals surface area contributed by atoms with Crippen LogP contribution in [0.25, 0.3) is 0 Å². The average Bonchev–Trinajstić information content (AvgIpc) is 2.89. The van der Waals surface area contributed by atoms with E-state index in [9.17, 15) is 4.79 Å². The fourth-order valence-corrected chi connectivity index (χ4v) is 2.50. The fourth-order valence-electron chi connectivity index (χ4n) is 1.56. The highest BCUT2D eigenvalue weighted by Crippen LogP contribution is 2.20. The van der Waals surface area contributed by atoms with E-state index < -0.39 is 0 Å². The topological polar surface area (TPSA) is 42.0 Å². The lowest BCUT2D eigenvalue weighted by molar-refractivity contribution is -0.121. The quantitative estimate of drug-likeness (QED) is 0.849. The van der Waals surface area contributed by atoms with Crippen LogP contribution in [0.4, 0.5) is 0 Å². The molecule has 82 valence electrons. The Balaban J connectivity index is 1.81. The number of carbonyl (C=O) groups excluding carboxylic acids is 1. The Hall–Kier alpha value is -0.900. The maximum Gasteiger partial charge on any atom is 0.220 e. The average molecular weight is 224 g/mol. The van der Waals surface area contributed by atoms with Crippen molar-refractivity contribution < 1.29 is 4.79 Å². The van der Waals surface area contributed by atoms with E-state index in [4.69, 9.17) is 0 Å². The second-order valence-electron chi connectivity index (χ2n) is 4.08. The molecule has 1 fully saturated rings. The van der Waals surface area contributed by atoms with Crippen molar-refractivity contribution in [1.29, 1.82) is 0 Å². The maximum atomic E-state index is 11.5. The second-order valence-corrected chi connectivity index (χ2v) is 5.37. The Labute approximate surface area is 93.9 Å². The van der Waals surface area contributed by atoms with Crippen molar-refractivity contribution in [3.05, 3.63) is 15.6 Å². The molecule has 2 rings (SSSR count). The van der Waals surface area contributed by atoms with Crippen molar-refractivity contribution >= 4 is 17.2 Å². The predicted molar refractivity (Wildman–Crippen MR) is 61.1 cm³/mol. The molecule has 0 aromatic carbocycles. The summed E-state index contributed by atoms with van der Waals surface area (Å²) < 4.78 is 0. The Kier molecular flexibility index (Phi) is 3.05. The van der Waals surface area contributed by atoms with Crippen LogP contribution in [-0.2, 0) is 11.2 Å². The number of hydrogen-bond acceptors (Lipinski definition) is 3. The van der Waals surface area contributed by atoms with Gasteiger partial charge in [0.2, 0.25) is 5.91 Å². The number of carbonyl (C=O) groups is 1. The van der Waals surface area contributed by atoms with Gasteiger partial charge in [-0.3, -0.25) is 4.79 Å². The van der Waals surface area contributed by atoms with Crippen LogP contribution in [0.1, 0.15) is 34.8 Å². The summed E-state index contributed by atoms with van der Waals surface area (Å²) in [6.45, 7) is 4.02. The molecule has 1 aliphatic rings. The van der Waals surface area contributed by atoms with E-state index in [-0.39, 0.29) is 5.91 Å². The zero-order chi connectivity index (χ0) is 10.8. The van der Waals surface area contributed by atoms with Gasteiger partial charge in [-0.2, -0.15) is 0 Å². The molecule has 0 spiro atoms. The smallest absolute Gasteiger partial charge is 0.220 e. The maximum absolute atomic E-state index is 11.5. The standard InChI is InChI=1S/C11H16N2OS/c1-7-10(15-8(2)12-7)5-6-11(14)13-9-3-4-9/h9H,3-6H2,1-2H3,(H,13,14). The molecule has 3 nitrogen and oxygen atoms in total. The van der Waals surface area contributed by atoms with Crippen molar-refractivity contribution in [2.24, 2.45) is 0 Å². The monoisotopic (exact) mass is 224 g/mol. The number of nitrogens with zero attached hydrogens (tertiary/aromatic N) is 1. The van der Waals surface area contributed by atoms with Gasteiger partial charge in [0.1, 0.15) is 0 Å². The molecule has 15 heavy (non-hydrogen) atoms. The van der Waals surface area contributed by atoms with Crippen molar-refractivity contribution in [2.75, 3.05) is 0 Å². The number of aromatic nitrogens is 1. The third kappa shape index (κ3) is 3.02. The Morgan fingerprint density at radius 2 is 2.27 bits per heavy atom. The largest absolute Gasteiger partial charge is 0.353 e. The summed E-state index contributed by atoms with van der Waals surface area (Å²) in [5, 5.41) is 4.08. The highest BCUT2D eigenvalue weighted by Gasteiger charge is 2.23. The first kappa shape index (κ1) is 10.6. The molecule has 0 saturated heterocycles. The van der Waals surface area contributed by atoms with E-state index >= 15 is 0 Å². The van der Waals surface area contributed by atoms with Crippen LogP contribution < -0.4 is 5.32 Å². The zero-order valence-corrected chi connectivity index (χ0v) is 9.99. The molecular weight excluding hydrogens is 208 g/mol. The normalized spacial score (nSPS) is 15.3. The molecule has 0 aliphatic heterocycles. The molecule has 1 saturated carbocycles. The van der Waals surface area contributed by atoms with Crippen LogP contribution in [-0.4, -0.2) is 16.9 Å². The van der Waals surface area contributed by atoms with E-state index in [1.807, 2.05) is 13.8 Å². The van der Waals surface area contributed by atoms with Gasteiger partial charge in [0.25, 0.3) is 0 Å². The Morgan fingerprint density at radius 1 is 1.53 bits per heavy atom. The van der Waals surface area contributed by atoms with Crippen LogP contribution in [0.5, 0.6) is 0 Å². The number of amides is 1. The van der Waals surface area contributed by atoms with Crippen LogP contribution in [0.3, 0.4) is 0 Å². The van der Waals surface area contributed by atoms with Crippen molar-refractivity contribution in [1.82, 2.24) is 10.3 Å². The number of hydrogen-bond donors (Lipinski definition) is 1. The van der Waals surface area contributed by atoms with E-state index in [0.29, 0.717) is 12.5 Å². The lowest BCUT2D eigenvalue weighted by Gasteiger charge is -2.01. The summed E-state index contributed by atoms with van der Waals surface area (Å²) in [6, 6.07) is 0.474. The number of aryl methyl sites for hydroxylation is 3. The first-order chi connectivity index (χ1) is 7.15. The summed E-state index contributed by atoms with van der Waals surface area (Å²) in [5.41, 5.74) is 1.08. The molecule has 1 N–H and O–H groups in total. The third-order valence-corrected chi connectivity index (χ3v) is 3.65. The number of rotatable bonds is 4. The van der Waals surface area contributed by atoms with Gasteiger partial charge in [0.15, 0.2) is 0 Å². The highest BCUT2D eigenvalue weighted by molar-refractivity contribution is 7.11. The van der Waals surface area contributed by atoms with Gasteiger partial charge in [0.05, 0.1) is 10.7 Å². The molecule has 0 atom stereocenters. The molecule has 1 amide bonds. The Morgan fingerprint density at radius 3 is 2.80 bits per heavy atom. The van der Waals surface area contributed by atoms with Crippen LogP contribution in [0.2, 0.25) is 0 Å². The van der Waals surface area contributed by atoms with Gasteiger partial charge in [-0.1, -0.05) is 0 Å². The SMILES string of the molecule is Cc1nc(C)c(CCC(=O)NC2CC2)s1. The molecule has 1 aromatic rings. The molecule has 0 unspecified atom stereocenters. The van der Waals surface area contributed by atoms with Gasteiger partial charge in [0, 0.05) is 17.3 Å². The molecular formula is C11H16N2OS. The van der Waals surface area contributed by atoms with Gasteiger partial charge in [-0.05, 0) is 33.1 Å². The summed E-state index contributed by atoms with van der Waals surface area (Å²) >= 11 is 1.70. The highest BCUT2D eigenvalue weighted by atomic mass is 32.1. The minimum absolute atomic E-state index is 0.183. The lowest BCUT2D eigenvalue weighted by atomic mass is 10.2. The summed E-state index contributed by atoms with van der Waals surface area (Å²) in [6.07, 6.45) is 3.74. The number of nitrogens with one attached hydrogen (secondary N) is 1. The molecule has 4 heteroatoms. The zero-order valence-electron chi connectivity index (χ0n) is 9.17. The minimum Gasteiger partial charge on any atom is -0.353 e. The Bertz CT molecular complexity index is 369. The number of thiazole rings is 1. The molecule has 1 heterocycles. The van der Waals surface area contributed by atoms with E-state index in [2.05, 4.69) is 10.3 Å². The van der Waals surface area contributed by atoms with Crippen molar-refractivity contribution in [2.45, 2.75) is 45.6 Å². The van der Waals surface area contributed by atoms with E-state index in [1.54, 1.807) is 11.3 Å². The van der Waals surface area contributed by atoms with Crippen LogP contribution in [0.15, 0.2) is 0 Å². The summed E-state index contributed by atoms with van der Waals surface area (Å²) in [7, 11) is 0. The minimum atomic E-state index is 0.183. The van der Waals surface area contributed by atoms with E-state index in [0.717, 1.165) is 30.0 Å². The summed E-state index contributed by atoms with van der Waals surface area (Å²) in [4.78, 5) is 17.1. The summed E-state index contributed by atoms with van der Waals surface area (Å²) in [5.74, 6) is 0.183. The molecule has 1 aliphatic carbocycles. The van der Waals surface area contributed by atoms with Crippen molar-refractivity contribution in [3.8, 4) is 0 Å². The molecule has 0 radical (unpaired) electrons. The first-order valence-electron chi connectivity index (χ1n) is 5.37. The van der Waals surface area contributed by atoms with E-state index in [1.165, 1.54) is 4.88 Å². The third-order valence-electron chi connectivity index (χ3n) is 2.52. The van der Waals surface area contributed by atoms with Gasteiger partial charge < -0.3 is 5.32 Å². The lowest BCUT2D eigenvalue weighted by Crippen LogP contribution is -2.25. The first-order valence-corrected chi connectivity index (χ1v) is 6.19. The second kappa shape index (κ2) is 4.31. The van der Waals surface area contributed by atoms with Crippen molar-refractivity contribution in [3.63, 3.8) is 0 Å². The predicted octanol–water partition coefficient (Wildman–Crippen LogP) is 1.97. The van der Waals surface area contributed by atoms with Gasteiger partial charge in [-0.25, -0.2) is 4.98 Å². The molecule has 1 aromatic heterocycles. The fraction of sp³-hybridized carbons (Fsp3) is 0.636. The van der Waals surface area contributed by atoms with Crippen LogP contribution in [0, 0.1) is 13.8 Å². The van der Waals surface area contributed by atoms with Crippen LogP contribution >= 0.6 is 11.3 Å². The van der Waals surface area contributed by atoms with Gasteiger partial charge in [-0.15, -0.1) is 11.3 Å². The molecule has 0 bridgehead atoms.